The van der Waals surface area contributed by atoms with Crippen LogP contribution in [-0.4, -0.2) is 26.2 Å². The lowest BCUT2D eigenvalue weighted by Crippen LogP contribution is -2.35. The van der Waals surface area contributed by atoms with Crippen molar-refractivity contribution in [1.82, 2.24) is 5.32 Å². The molecule has 0 saturated carbocycles. The molecule has 3 rings (SSSR count). The highest BCUT2D eigenvalue weighted by molar-refractivity contribution is 5.81. The molecule has 1 aromatic heterocycles. The molecule has 3 aromatic rings. The quantitative estimate of drug-likeness (QED) is 0.632. The van der Waals surface area contributed by atoms with E-state index in [1.807, 2.05) is 6.07 Å². The van der Waals surface area contributed by atoms with Crippen molar-refractivity contribution in [2.45, 2.75) is 19.6 Å². The van der Waals surface area contributed by atoms with E-state index in [9.17, 15) is 9.59 Å². The number of carbonyl (C=O) groups excluding carboxylic acids is 1. The average Bonchev–Trinajstić information content (AvgIpc) is 2.71. The Balaban J connectivity index is 1.62. The Morgan fingerprint density at radius 3 is 2.54 bits per heavy atom. The molecule has 1 heterocycles. The van der Waals surface area contributed by atoms with Crippen LogP contribution in [0.5, 0.6) is 17.2 Å². The summed E-state index contributed by atoms with van der Waals surface area (Å²) >= 11 is 0. The molecule has 0 fully saturated rings. The Bertz CT molecular complexity index is 1040. The lowest BCUT2D eigenvalue weighted by atomic mass is 10.2. The van der Waals surface area contributed by atoms with Crippen LogP contribution >= 0.6 is 0 Å². The highest BCUT2D eigenvalue weighted by Crippen LogP contribution is 2.27. The number of rotatable bonds is 7. The van der Waals surface area contributed by atoms with Crippen LogP contribution in [0.4, 0.5) is 0 Å². The molecule has 0 radical (unpaired) electrons. The number of methoxy groups -OCH3 is 2. The van der Waals surface area contributed by atoms with Gasteiger partial charge in [0, 0.05) is 24.1 Å². The second-order valence-electron chi connectivity index (χ2n) is 6.12. The molecule has 7 heteroatoms. The molecule has 28 heavy (non-hydrogen) atoms. The zero-order valence-corrected chi connectivity index (χ0v) is 15.9. The van der Waals surface area contributed by atoms with Crippen molar-refractivity contribution in [3.63, 3.8) is 0 Å². The van der Waals surface area contributed by atoms with Gasteiger partial charge in [-0.05, 0) is 42.8 Å². The molecule has 0 aliphatic carbocycles. The third kappa shape index (κ3) is 4.43. The van der Waals surface area contributed by atoms with Crippen LogP contribution in [-0.2, 0) is 11.3 Å². The van der Waals surface area contributed by atoms with Crippen LogP contribution in [0.15, 0.2) is 57.7 Å². The van der Waals surface area contributed by atoms with Gasteiger partial charge in [-0.3, -0.25) is 4.79 Å². The summed E-state index contributed by atoms with van der Waals surface area (Å²) in [4.78, 5) is 23.7. The van der Waals surface area contributed by atoms with E-state index >= 15 is 0 Å². The molecule has 1 N–H and O–H groups in total. The maximum Gasteiger partial charge on any atom is 0.336 e. The van der Waals surface area contributed by atoms with Crippen molar-refractivity contribution >= 4 is 16.9 Å². The number of ether oxygens (including phenoxy) is 3. The lowest BCUT2D eigenvalue weighted by Gasteiger charge is -2.15. The first-order valence-corrected chi connectivity index (χ1v) is 8.69. The van der Waals surface area contributed by atoms with Gasteiger partial charge in [-0.15, -0.1) is 0 Å². The van der Waals surface area contributed by atoms with Crippen LogP contribution in [0.1, 0.15) is 12.5 Å². The van der Waals surface area contributed by atoms with E-state index in [1.54, 1.807) is 57.5 Å². The van der Waals surface area contributed by atoms with Crippen molar-refractivity contribution in [3.05, 3.63) is 64.5 Å². The summed E-state index contributed by atoms with van der Waals surface area (Å²) in [7, 11) is 3.12. The average molecular weight is 383 g/mol. The summed E-state index contributed by atoms with van der Waals surface area (Å²) in [6.45, 7) is 1.97. The van der Waals surface area contributed by atoms with E-state index in [0.717, 1.165) is 10.9 Å². The third-order valence-electron chi connectivity index (χ3n) is 4.19. The highest BCUT2D eigenvalue weighted by atomic mass is 16.5. The van der Waals surface area contributed by atoms with Crippen LogP contribution in [0.25, 0.3) is 11.0 Å². The standard InChI is InChI=1S/C21H21NO6/c1-13(27-16-7-5-15-6-9-20(23)28-18(15)11-16)21(24)22-12-14-4-8-17(25-2)19(10-14)26-3/h4-11,13H,12H2,1-3H3,(H,22,24). The monoisotopic (exact) mass is 383 g/mol. The number of hydrogen-bond donors (Lipinski definition) is 1. The molecule has 0 saturated heterocycles. The largest absolute Gasteiger partial charge is 0.493 e. The van der Waals surface area contributed by atoms with E-state index in [2.05, 4.69) is 5.32 Å². The van der Waals surface area contributed by atoms with Crippen LogP contribution in [0.2, 0.25) is 0 Å². The van der Waals surface area contributed by atoms with Gasteiger partial charge >= 0.3 is 5.63 Å². The zero-order valence-electron chi connectivity index (χ0n) is 15.9. The number of carbonyl (C=O) groups is 1. The van der Waals surface area contributed by atoms with Crippen LogP contribution in [0.3, 0.4) is 0 Å². The van der Waals surface area contributed by atoms with Gasteiger partial charge in [0.25, 0.3) is 5.91 Å². The van der Waals surface area contributed by atoms with Gasteiger partial charge in [0.15, 0.2) is 17.6 Å². The van der Waals surface area contributed by atoms with Crippen molar-refractivity contribution in [1.29, 1.82) is 0 Å². The van der Waals surface area contributed by atoms with Gasteiger partial charge in [-0.2, -0.15) is 0 Å². The van der Waals surface area contributed by atoms with Gasteiger partial charge in [0.1, 0.15) is 11.3 Å². The summed E-state index contributed by atoms with van der Waals surface area (Å²) < 4.78 is 21.3. The maximum absolute atomic E-state index is 12.4. The molecule has 0 spiro atoms. The van der Waals surface area contributed by atoms with Gasteiger partial charge in [0.2, 0.25) is 0 Å². The van der Waals surface area contributed by atoms with E-state index in [1.165, 1.54) is 6.07 Å². The van der Waals surface area contributed by atoms with E-state index < -0.39 is 11.7 Å². The molecule has 146 valence electrons. The Kier molecular flexibility index (Phi) is 5.84. The Labute approximate surface area is 161 Å². The van der Waals surface area contributed by atoms with E-state index in [0.29, 0.717) is 29.4 Å². The van der Waals surface area contributed by atoms with Gasteiger partial charge in [-0.1, -0.05) is 6.07 Å². The first-order valence-electron chi connectivity index (χ1n) is 8.69. The highest BCUT2D eigenvalue weighted by Gasteiger charge is 2.15. The molecule has 0 bridgehead atoms. The topological polar surface area (TPSA) is 87.0 Å². The summed E-state index contributed by atoms with van der Waals surface area (Å²) in [5.41, 5.74) is 0.832. The van der Waals surface area contributed by atoms with Gasteiger partial charge in [-0.25, -0.2) is 4.79 Å². The summed E-state index contributed by atoms with van der Waals surface area (Å²) in [6, 6.07) is 13.5. The Hall–Kier alpha value is -3.48. The number of benzene rings is 2. The molecule has 7 nitrogen and oxygen atoms in total. The number of nitrogens with one attached hydrogen (secondary N) is 1. The molecule has 1 amide bonds. The predicted octanol–water partition coefficient (Wildman–Crippen LogP) is 2.89. The minimum atomic E-state index is -0.729. The maximum atomic E-state index is 12.4. The Morgan fingerprint density at radius 1 is 1.04 bits per heavy atom. The first-order chi connectivity index (χ1) is 13.5. The van der Waals surface area contributed by atoms with E-state index in [-0.39, 0.29) is 5.91 Å². The second kappa shape index (κ2) is 8.47. The Morgan fingerprint density at radius 2 is 1.79 bits per heavy atom. The van der Waals surface area contributed by atoms with Crippen LogP contribution < -0.4 is 25.2 Å². The fraction of sp³-hybridized carbons (Fsp3) is 0.238. The fourth-order valence-electron chi connectivity index (χ4n) is 2.70. The third-order valence-corrected chi connectivity index (χ3v) is 4.19. The van der Waals surface area contributed by atoms with Gasteiger partial charge < -0.3 is 23.9 Å². The predicted molar refractivity (Wildman–Crippen MR) is 104 cm³/mol. The minimum absolute atomic E-state index is 0.274. The molecule has 0 aliphatic rings. The molecular formula is C21H21NO6. The smallest absolute Gasteiger partial charge is 0.336 e. The van der Waals surface area contributed by atoms with Crippen molar-refractivity contribution in [2.24, 2.45) is 0 Å². The van der Waals surface area contributed by atoms with Crippen molar-refractivity contribution in [2.75, 3.05) is 14.2 Å². The molecule has 2 aromatic carbocycles. The first kappa shape index (κ1) is 19.3. The summed E-state index contributed by atoms with van der Waals surface area (Å²) in [5.74, 6) is 1.38. The van der Waals surface area contributed by atoms with Crippen LogP contribution in [0, 0.1) is 0 Å². The summed E-state index contributed by atoms with van der Waals surface area (Å²) in [6.07, 6.45) is -0.729. The number of hydrogen-bond acceptors (Lipinski definition) is 6. The fourth-order valence-corrected chi connectivity index (χ4v) is 2.70. The minimum Gasteiger partial charge on any atom is -0.493 e. The van der Waals surface area contributed by atoms with Crippen molar-refractivity contribution < 1.29 is 23.4 Å². The number of amides is 1. The normalized spacial score (nSPS) is 11.7. The molecule has 1 unspecified atom stereocenters. The molecule has 1 atom stereocenters. The summed E-state index contributed by atoms with van der Waals surface area (Å²) in [5, 5.41) is 3.60. The number of fused-ring (bicyclic) bond motifs is 1. The van der Waals surface area contributed by atoms with E-state index in [4.69, 9.17) is 18.6 Å². The van der Waals surface area contributed by atoms with Gasteiger partial charge in [0.05, 0.1) is 14.2 Å². The van der Waals surface area contributed by atoms with Crippen molar-refractivity contribution in [3.8, 4) is 17.2 Å². The zero-order chi connectivity index (χ0) is 20.1. The molecular weight excluding hydrogens is 362 g/mol. The lowest BCUT2D eigenvalue weighted by molar-refractivity contribution is -0.127. The second-order valence-corrected chi connectivity index (χ2v) is 6.12. The SMILES string of the molecule is COc1ccc(CNC(=O)C(C)Oc2ccc3ccc(=O)oc3c2)cc1OC. The molecule has 0 aliphatic heterocycles.